The Kier molecular flexibility index (Phi) is 5.09. The third kappa shape index (κ3) is 4.01. The van der Waals surface area contributed by atoms with E-state index >= 15 is 0 Å². The fourth-order valence-electron chi connectivity index (χ4n) is 2.61. The van der Waals surface area contributed by atoms with Gasteiger partial charge in [-0.3, -0.25) is 0 Å². The van der Waals surface area contributed by atoms with Gasteiger partial charge >= 0.3 is 0 Å². The molecule has 3 heteroatoms. The third-order valence-corrected chi connectivity index (χ3v) is 3.66. The van der Waals surface area contributed by atoms with Gasteiger partial charge < -0.3 is 14.8 Å². The second-order valence-corrected chi connectivity index (χ2v) is 6.43. The maximum Gasteiger partial charge on any atom is 0.127 e. The van der Waals surface area contributed by atoms with Crippen LogP contribution in [0, 0.1) is 5.41 Å². The van der Waals surface area contributed by atoms with Crippen LogP contribution in [-0.2, 0) is 0 Å². The van der Waals surface area contributed by atoms with Crippen LogP contribution < -0.4 is 14.8 Å². The number of nitrogens with one attached hydrogen (secondary N) is 1. The van der Waals surface area contributed by atoms with Crippen molar-refractivity contribution in [3.05, 3.63) is 54.1 Å². The molecule has 3 nitrogen and oxygen atoms in total. The van der Waals surface area contributed by atoms with Gasteiger partial charge in [-0.25, -0.2) is 0 Å². The van der Waals surface area contributed by atoms with Crippen LogP contribution in [0.1, 0.15) is 32.4 Å². The molecule has 0 bridgehead atoms. The first-order valence-corrected chi connectivity index (χ1v) is 7.53. The lowest BCUT2D eigenvalue weighted by Crippen LogP contribution is -2.29. The minimum Gasteiger partial charge on any atom is -0.497 e. The van der Waals surface area contributed by atoms with Crippen LogP contribution in [0.15, 0.2) is 48.5 Å². The van der Waals surface area contributed by atoms with Crippen LogP contribution in [-0.4, -0.2) is 14.2 Å². The Balaban J connectivity index is 2.11. The van der Waals surface area contributed by atoms with Crippen molar-refractivity contribution < 1.29 is 9.47 Å². The highest BCUT2D eigenvalue weighted by Crippen LogP contribution is 2.33. The Hall–Kier alpha value is -2.00. The Morgan fingerprint density at radius 3 is 1.68 bits per heavy atom. The van der Waals surface area contributed by atoms with Crippen molar-refractivity contribution in [3.63, 3.8) is 0 Å². The second kappa shape index (κ2) is 6.84. The highest BCUT2D eigenvalue weighted by Gasteiger charge is 2.24. The normalized spacial score (nSPS) is 12.8. The zero-order chi connectivity index (χ0) is 16.2. The first-order valence-electron chi connectivity index (χ1n) is 7.53. The van der Waals surface area contributed by atoms with E-state index in [0.717, 1.165) is 17.2 Å². The van der Waals surface area contributed by atoms with E-state index in [1.165, 1.54) is 5.56 Å². The van der Waals surface area contributed by atoms with E-state index in [1.54, 1.807) is 7.11 Å². The largest absolute Gasteiger partial charge is 0.497 e. The van der Waals surface area contributed by atoms with E-state index in [-0.39, 0.29) is 5.41 Å². The number of rotatable bonds is 5. The minimum absolute atomic E-state index is 0.160. The number of methoxy groups -OCH3 is 1. The van der Waals surface area contributed by atoms with Crippen molar-refractivity contribution >= 4 is 0 Å². The van der Waals surface area contributed by atoms with Crippen LogP contribution in [0.3, 0.4) is 0 Å². The van der Waals surface area contributed by atoms with Crippen molar-refractivity contribution in [2.24, 2.45) is 5.41 Å². The minimum atomic E-state index is 0.160. The van der Waals surface area contributed by atoms with Gasteiger partial charge in [-0.2, -0.15) is 0 Å². The quantitative estimate of drug-likeness (QED) is 0.860. The maximum absolute atomic E-state index is 5.86. The molecule has 1 N–H and O–H groups in total. The first-order chi connectivity index (χ1) is 10.4. The average Bonchev–Trinajstić information content (AvgIpc) is 2.49. The van der Waals surface area contributed by atoms with Crippen LogP contribution in [0.4, 0.5) is 0 Å². The molecule has 0 aliphatic rings. The topological polar surface area (TPSA) is 30.5 Å². The molecule has 2 aromatic carbocycles. The van der Waals surface area contributed by atoms with Gasteiger partial charge in [-0.1, -0.05) is 32.9 Å². The fraction of sp³-hybridized carbons (Fsp3) is 0.368. The zero-order valence-electron chi connectivity index (χ0n) is 14.0. The predicted octanol–water partition coefficient (Wildman–Crippen LogP) is 4.79. The van der Waals surface area contributed by atoms with Gasteiger partial charge in [-0.05, 0) is 54.4 Å². The molecule has 0 radical (unpaired) electrons. The lowest BCUT2D eigenvalue weighted by Gasteiger charge is -2.30. The van der Waals surface area contributed by atoms with Gasteiger partial charge in [0.15, 0.2) is 0 Å². The van der Waals surface area contributed by atoms with Gasteiger partial charge in [-0.15, -0.1) is 0 Å². The molecule has 0 saturated carbocycles. The fourth-order valence-corrected chi connectivity index (χ4v) is 2.61. The molecule has 0 aliphatic heterocycles. The van der Waals surface area contributed by atoms with Crippen molar-refractivity contribution in [1.82, 2.24) is 5.32 Å². The standard InChI is InChI=1S/C19H25NO2/c1-19(2,3)18(20-4)14-6-8-16(9-7-14)22-17-12-10-15(21-5)11-13-17/h6-13,18,20H,1-5H3. The van der Waals surface area contributed by atoms with Crippen LogP contribution in [0.25, 0.3) is 0 Å². The van der Waals surface area contributed by atoms with Crippen molar-refractivity contribution in [2.45, 2.75) is 26.8 Å². The van der Waals surface area contributed by atoms with E-state index in [2.05, 4.69) is 38.2 Å². The molecular formula is C19H25NO2. The number of hydrogen-bond donors (Lipinski definition) is 1. The molecule has 1 unspecified atom stereocenters. The molecule has 0 saturated heterocycles. The predicted molar refractivity (Wildman–Crippen MR) is 90.8 cm³/mol. The summed E-state index contributed by atoms with van der Waals surface area (Å²) in [6.45, 7) is 6.70. The van der Waals surface area contributed by atoms with Crippen molar-refractivity contribution in [2.75, 3.05) is 14.2 Å². The molecule has 1 atom stereocenters. The summed E-state index contributed by atoms with van der Waals surface area (Å²) in [5, 5.41) is 3.39. The number of ether oxygens (including phenoxy) is 2. The molecule has 0 heterocycles. The second-order valence-electron chi connectivity index (χ2n) is 6.43. The lowest BCUT2D eigenvalue weighted by atomic mass is 9.82. The Morgan fingerprint density at radius 1 is 0.818 bits per heavy atom. The third-order valence-electron chi connectivity index (χ3n) is 3.66. The van der Waals surface area contributed by atoms with Crippen molar-refractivity contribution in [1.29, 1.82) is 0 Å². The molecule has 0 fully saturated rings. The summed E-state index contributed by atoms with van der Waals surface area (Å²) in [6.07, 6.45) is 0. The highest BCUT2D eigenvalue weighted by atomic mass is 16.5. The van der Waals surface area contributed by atoms with Gasteiger partial charge in [0.2, 0.25) is 0 Å². The van der Waals surface area contributed by atoms with E-state index in [4.69, 9.17) is 9.47 Å². The summed E-state index contributed by atoms with van der Waals surface area (Å²) < 4.78 is 11.0. The summed E-state index contributed by atoms with van der Waals surface area (Å²) >= 11 is 0. The highest BCUT2D eigenvalue weighted by molar-refractivity contribution is 5.37. The van der Waals surface area contributed by atoms with Gasteiger partial charge in [0, 0.05) is 6.04 Å². The first kappa shape index (κ1) is 16.4. The van der Waals surface area contributed by atoms with Crippen LogP contribution in [0.2, 0.25) is 0 Å². The molecule has 2 rings (SSSR count). The summed E-state index contributed by atoms with van der Waals surface area (Å²) in [4.78, 5) is 0. The molecule has 0 aromatic heterocycles. The maximum atomic E-state index is 5.86. The summed E-state index contributed by atoms with van der Waals surface area (Å²) in [7, 11) is 3.65. The van der Waals surface area contributed by atoms with E-state index in [1.807, 2.05) is 43.4 Å². The van der Waals surface area contributed by atoms with E-state index < -0.39 is 0 Å². The monoisotopic (exact) mass is 299 g/mol. The van der Waals surface area contributed by atoms with E-state index in [9.17, 15) is 0 Å². The SMILES string of the molecule is CNC(c1ccc(Oc2ccc(OC)cc2)cc1)C(C)(C)C. The zero-order valence-corrected chi connectivity index (χ0v) is 14.0. The number of hydrogen-bond acceptors (Lipinski definition) is 3. The molecule has 0 amide bonds. The average molecular weight is 299 g/mol. The molecule has 0 aliphatic carbocycles. The van der Waals surface area contributed by atoms with Crippen LogP contribution >= 0.6 is 0 Å². The smallest absolute Gasteiger partial charge is 0.127 e. The number of benzene rings is 2. The van der Waals surface area contributed by atoms with Crippen LogP contribution in [0.5, 0.6) is 17.2 Å². The summed E-state index contributed by atoms with van der Waals surface area (Å²) in [6, 6.07) is 16.1. The molecule has 2 aromatic rings. The van der Waals surface area contributed by atoms with Gasteiger partial charge in [0.25, 0.3) is 0 Å². The Bertz CT molecular complexity index is 582. The summed E-state index contributed by atoms with van der Waals surface area (Å²) in [5.74, 6) is 2.46. The molecular weight excluding hydrogens is 274 g/mol. The summed E-state index contributed by atoms with van der Waals surface area (Å²) in [5.41, 5.74) is 1.42. The van der Waals surface area contributed by atoms with Gasteiger partial charge in [0.05, 0.1) is 7.11 Å². The van der Waals surface area contributed by atoms with Crippen molar-refractivity contribution in [3.8, 4) is 17.2 Å². The van der Waals surface area contributed by atoms with Gasteiger partial charge in [0.1, 0.15) is 17.2 Å². The molecule has 118 valence electrons. The Labute approximate surface area is 133 Å². The van der Waals surface area contributed by atoms with E-state index in [0.29, 0.717) is 6.04 Å². The lowest BCUT2D eigenvalue weighted by molar-refractivity contribution is 0.287. The Morgan fingerprint density at radius 2 is 1.27 bits per heavy atom. The molecule has 22 heavy (non-hydrogen) atoms. The molecule has 0 spiro atoms.